The molecule has 0 fully saturated rings. The molecule has 0 nitrogen and oxygen atoms in total. The third-order valence-corrected chi connectivity index (χ3v) is 3.68. The summed E-state index contributed by atoms with van der Waals surface area (Å²) in [6.45, 7) is 0. The zero-order chi connectivity index (χ0) is 5.28. The maximum atomic E-state index is 5.52. The number of hydrogen-bond donors (Lipinski definition) is 0. The maximum absolute atomic E-state index is 5.52. The smallest absolute Gasteiger partial charge is 0.0761 e. The Balaban J connectivity index is 3.12. The van der Waals surface area contributed by atoms with Gasteiger partial charge in [0.1, 0.15) is 5.02 Å². The SMILES string of the molecule is Clc1c[s+]sc1Cl. The summed E-state index contributed by atoms with van der Waals surface area (Å²) in [5.41, 5.74) is 0. The van der Waals surface area contributed by atoms with Crippen molar-refractivity contribution < 1.29 is 0 Å². The van der Waals surface area contributed by atoms with Gasteiger partial charge in [-0.1, -0.05) is 23.2 Å². The van der Waals surface area contributed by atoms with Crippen LogP contribution in [0.1, 0.15) is 0 Å². The lowest BCUT2D eigenvalue weighted by molar-refractivity contribution is 2.09. The summed E-state index contributed by atoms with van der Waals surface area (Å²) in [4.78, 5) is 0. The average Bonchev–Trinajstić information content (AvgIpc) is 1.91. The van der Waals surface area contributed by atoms with Crippen molar-refractivity contribution in [2.45, 2.75) is 0 Å². The number of rotatable bonds is 0. The van der Waals surface area contributed by atoms with E-state index in [1.165, 1.54) is 10.3 Å². The lowest BCUT2D eigenvalue weighted by atomic mass is 10.8. The van der Waals surface area contributed by atoms with E-state index in [4.69, 9.17) is 23.2 Å². The van der Waals surface area contributed by atoms with Crippen LogP contribution in [0, 0.1) is 0 Å². The van der Waals surface area contributed by atoms with E-state index in [0.717, 1.165) is 0 Å². The molecule has 0 N–H and O–H groups in total. The van der Waals surface area contributed by atoms with Crippen LogP contribution in [0.3, 0.4) is 0 Å². The third kappa shape index (κ3) is 1.26. The zero-order valence-electron chi connectivity index (χ0n) is 3.15. The summed E-state index contributed by atoms with van der Waals surface area (Å²) in [6.07, 6.45) is 0. The van der Waals surface area contributed by atoms with Gasteiger partial charge in [0.15, 0.2) is 14.7 Å². The normalized spacial score (nSPS) is 9.43. The zero-order valence-corrected chi connectivity index (χ0v) is 6.29. The van der Waals surface area contributed by atoms with Crippen LogP contribution in [0.4, 0.5) is 0 Å². The van der Waals surface area contributed by atoms with Crippen LogP contribution < -0.4 is 0 Å². The molecular weight excluding hydrogens is 171 g/mol. The fraction of sp³-hybridized carbons (Fsp3) is 0. The van der Waals surface area contributed by atoms with Crippen molar-refractivity contribution in [2.75, 3.05) is 0 Å². The highest BCUT2D eigenvalue weighted by Gasteiger charge is 2.06. The highest BCUT2D eigenvalue weighted by molar-refractivity contribution is 7.70. The molecule has 0 aliphatic rings. The van der Waals surface area contributed by atoms with E-state index >= 15 is 0 Å². The summed E-state index contributed by atoms with van der Waals surface area (Å²) in [6, 6.07) is 0. The highest BCUT2D eigenvalue weighted by Crippen LogP contribution is 2.30. The Morgan fingerprint density at radius 1 is 1.57 bits per heavy atom. The Labute approximate surface area is 58.7 Å². The molecule has 0 spiro atoms. The van der Waals surface area contributed by atoms with E-state index in [0.29, 0.717) is 9.36 Å². The van der Waals surface area contributed by atoms with Crippen LogP contribution in [-0.2, 0) is 0 Å². The van der Waals surface area contributed by atoms with Crippen molar-refractivity contribution in [1.29, 1.82) is 0 Å². The fourth-order valence-electron chi connectivity index (χ4n) is 0.195. The Kier molecular flexibility index (Phi) is 1.87. The minimum atomic E-state index is 0.664. The van der Waals surface area contributed by atoms with Gasteiger partial charge in [-0.15, -0.1) is 0 Å². The predicted molar refractivity (Wildman–Crippen MR) is 36.6 cm³/mol. The van der Waals surface area contributed by atoms with Gasteiger partial charge >= 0.3 is 0 Å². The predicted octanol–water partition coefficient (Wildman–Crippen LogP) is 3.40. The molecule has 0 bridgehead atoms. The van der Waals surface area contributed by atoms with E-state index in [-0.39, 0.29) is 0 Å². The first kappa shape index (κ1) is 5.76. The summed E-state index contributed by atoms with van der Waals surface area (Å²) >= 11 is 11.0. The third-order valence-electron chi connectivity index (χ3n) is 0.461. The summed E-state index contributed by atoms with van der Waals surface area (Å²) in [5, 5.41) is 2.48. The minimum Gasteiger partial charge on any atom is -0.0761 e. The van der Waals surface area contributed by atoms with E-state index < -0.39 is 0 Å². The second-order valence-electron chi connectivity index (χ2n) is 0.919. The first-order valence-corrected chi connectivity index (χ1v) is 4.49. The number of hydrogen-bond acceptors (Lipinski definition) is 1. The van der Waals surface area contributed by atoms with Crippen molar-refractivity contribution in [1.82, 2.24) is 0 Å². The minimum absolute atomic E-state index is 0.664. The molecule has 0 saturated heterocycles. The van der Waals surface area contributed by atoms with Gasteiger partial charge in [-0.2, -0.15) is 0 Å². The fourth-order valence-corrected chi connectivity index (χ4v) is 2.69. The van der Waals surface area contributed by atoms with E-state index in [9.17, 15) is 0 Å². The lowest BCUT2D eigenvalue weighted by Crippen LogP contribution is -1.42. The maximum Gasteiger partial charge on any atom is 0.294 e. The Morgan fingerprint density at radius 3 is 2.43 bits per heavy atom. The molecule has 1 heterocycles. The van der Waals surface area contributed by atoms with Crippen LogP contribution in [0.25, 0.3) is 0 Å². The first-order chi connectivity index (χ1) is 3.30. The van der Waals surface area contributed by atoms with Gasteiger partial charge in [-0.25, -0.2) is 0 Å². The Bertz CT molecular complexity index is 143. The van der Waals surface area contributed by atoms with Crippen LogP contribution in [0.2, 0.25) is 9.36 Å². The van der Waals surface area contributed by atoms with Gasteiger partial charge in [-0.05, 0) is 0 Å². The van der Waals surface area contributed by atoms with Crippen molar-refractivity contribution in [3.05, 3.63) is 14.7 Å². The van der Waals surface area contributed by atoms with E-state index in [1.54, 1.807) is 10.3 Å². The van der Waals surface area contributed by atoms with Gasteiger partial charge in [0.2, 0.25) is 5.38 Å². The molecule has 0 aliphatic heterocycles. The molecule has 0 unspecified atom stereocenters. The number of halogens is 2. The quantitative estimate of drug-likeness (QED) is 0.415. The molecule has 1 rings (SSSR count). The van der Waals surface area contributed by atoms with Crippen molar-refractivity contribution in [3.8, 4) is 0 Å². The average molecular weight is 172 g/mol. The highest BCUT2D eigenvalue weighted by atomic mass is 35.5. The van der Waals surface area contributed by atoms with Crippen molar-refractivity contribution in [2.24, 2.45) is 0 Å². The molecular formula is C3HCl2S2+. The molecule has 4 heteroatoms. The van der Waals surface area contributed by atoms with Gasteiger partial charge in [0.05, 0.1) is 0 Å². The molecule has 7 heavy (non-hydrogen) atoms. The molecule has 0 saturated carbocycles. The lowest BCUT2D eigenvalue weighted by Gasteiger charge is -1.65. The molecule has 0 aliphatic carbocycles. The van der Waals surface area contributed by atoms with Crippen LogP contribution in [-0.4, -0.2) is 0 Å². The molecule has 0 aromatic carbocycles. The molecule has 0 atom stereocenters. The second kappa shape index (κ2) is 2.27. The summed E-state index contributed by atoms with van der Waals surface area (Å²) in [5.74, 6) is 0. The van der Waals surface area contributed by atoms with E-state index in [1.807, 2.05) is 5.38 Å². The van der Waals surface area contributed by atoms with Crippen molar-refractivity contribution >= 4 is 43.9 Å². The van der Waals surface area contributed by atoms with Crippen LogP contribution in [0.5, 0.6) is 0 Å². The first-order valence-electron chi connectivity index (χ1n) is 1.52. The molecule has 38 valence electrons. The van der Waals surface area contributed by atoms with E-state index in [2.05, 4.69) is 0 Å². The van der Waals surface area contributed by atoms with Gasteiger partial charge in [0, 0.05) is 0 Å². The second-order valence-corrected chi connectivity index (χ2v) is 4.01. The Morgan fingerprint density at radius 2 is 2.29 bits per heavy atom. The van der Waals surface area contributed by atoms with Crippen LogP contribution >= 0.6 is 43.9 Å². The monoisotopic (exact) mass is 171 g/mol. The standard InChI is InChI=1S/C3HCl2S2/c4-2-1-6-7-3(2)5/h1H/q+1. The Hall–Kier alpha value is 0.630. The largest absolute Gasteiger partial charge is 0.294 e. The summed E-state index contributed by atoms with van der Waals surface area (Å²) < 4.78 is 0.687. The molecule has 1 aromatic rings. The van der Waals surface area contributed by atoms with Crippen LogP contribution in [0.15, 0.2) is 5.38 Å². The van der Waals surface area contributed by atoms with Gasteiger partial charge < -0.3 is 0 Å². The van der Waals surface area contributed by atoms with Crippen molar-refractivity contribution in [3.63, 3.8) is 0 Å². The molecule has 0 amide bonds. The summed E-state index contributed by atoms with van der Waals surface area (Å²) in [7, 11) is 3.02. The molecule has 0 radical (unpaired) electrons. The molecule has 1 aromatic heterocycles. The topological polar surface area (TPSA) is 0 Å². The van der Waals surface area contributed by atoms with Gasteiger partial charge in [0.25, 0.3) is 10.3 Å². The van der Waals surface area contributed by atoms with Gasteiger partial charge in [-0.3, -0.25) is 0 Å².